The average Bonchev–Trinajstić information content (AvgIpc) is 3.29. The van der Waals surface area contributed by atoms with Crippen molar-refractivity contribution in [1.29, 1.82) is 0 Å². The highest BCUT2D eigenvalue weighted by molar-refractivity contribution is 6.34. The van der Waals surface area contributed by atoms with E-state index in [-0.39, 0.29) is 6.04 Å². The summed E-state index contributed by atoms with van der Waals surface area (Å²) in [5, 5.41) is 8.21. The van der Waals surface area contributed by atoms with E-state index in [0.29, 0.717) is 0 Å². The summed E-state index contributed by atoms with van der Waals surface area (Å²) in [5.41, 5.74) is 5.50. The number of halogens is 1. The van der Waals surface area contributed by atoms with Gasteiger partial charge in [0.2, 0.25) is 5.72 Å². The standard InChI is InChI=1S/C28H28ClN3O/c1-20-11-12-27-23(17-20)26-18-25(22-9-5-6-10-24(22)29)30-32(26)28(33-27)13-15-31(16-14-28)19-21-7-3-2-4-8-21/h2-12,17,26H,13-16,18-19H2,1H3/t26-/m1/s1. The van der Waals surface area contributed by atoms with Gasteiger partial charge in [-0.1, -0.05) is 77.8 Å². The predicted octanol–water partition coefficient (Wildman–Crippen LogP) is 6.18. The average molecular weight is 458 g/mol. The molecule has 168 valence electrons. The minimum absolute atomic E-state index is 0.181. The molecule has 0 radical (unpaired) electrons. The Labute approximate surface area is 200 Å². The van der Waals surface area contributed by atoms with Gasteiger partial charge in [0.1, 0.15) is 5.75 Å². The summed E-state index contributed by atoms with van der Waals surface area (Å²) in [4.78, 5) is 2.53. The maximum Gasteiger partial charge on any atom is 0.200 e. The van der Waals surface area contributed by atoms with E-state index >= 15 is 0 Å². The fourth-order valence-corrected chi connectivity index (χ4v) is 5.74. The number of hydrogen-bond acceptors (Lipinski definition) is 4. The van der Waals surface area contributed by atoms with Gasteiger partial charge in [0.05, 0.1) is 11.8 Å². The molecule has 0 saturated carbocycles. The Morgan fingerprint density at radius 1 is 1.00 bits per heavy atom. The molecule has 1 atom stereocenters. The lowest BCUT2D eigenvalue weighted by atomic mass is 9.90. The van der Waals surface area contributed by atoms with Crippen LogP contribution in [0.25, 0.3) is 0 Å². The molecule has 1 fully saturated rings. The lowest BCUT2D eigenvalue weighted by Gasteiger charge is -2.51. The topological polar surface area (TPSA) is 28.1 Å². The molecule has 0 bridgehead atoms. The SMILES string of the molecule is Cc1ccc2c(c1)[C@H]1CC(c3ccccc3Cl)=NN1C1(CCN(Cc3ccccc3)CC1)O2. The van der Waals surface area contributed by atoms with E-state index in [0.717, 1.165) is 60.9 Å². The van der Waals surface area contributed by atoms with Gasteiger partial charge in [-0.25, -0.2) is 5.01 Å². The quantitative estimate of drug-likeness (QED) is 0.469. The van der Waals surface area contributed by atoms with Crippen LogP contribution in [0.5, 0.6) is 5.75 Å². The van der Waals surface area contributed by atoms with Crippen molar-refractivity contribution in [3.63, 3.8) is 0 Å². The summed E-state index contributed by atoms with van der Waals surface area (Å²) in [7, 11) is 0. The molecule has 1 spiro atoms. The molecular formula is C28H28ClN3O. The van der Waals surface area contributed by atoms with E-state index in [1.165, 1.54) is 16.7 Å². The second kappa shape index (κ2) is 8.19. The number of likely N-dealkylation sites (tertiary alicyclic amines) is 1. The van der Waals surface area contributed by atoms with Crippen LogP contribution in [0.15, 0.2) is 77.9 Å². The molecule has 0 aliphatic carbocycles. The molecule has 3 aromatic rings. The number of rotatable bonds is 3. The number of piperidine rings is 1. The van der Waals surface area contributed by atoms with Crippen LogP contribution in [0.2, 0.25) is 5.02 Å². The van der Waals surface area contributed by atoms with E-state index in [1.54, 1.807) is 0 Å². The van der Waals surface area contributed by atoms with Crippen LogP contribution >= 0.6 is 11.6 Å². The zero-order valence-corrected chi connectivity index (χ0v) is 19.6. The maximum atomic E-state index is 6.80. The molecule has 3 aliphatic heterocycles. The Morgan fingerprint density at radius 2 is 1.76 bits per heavy atom. The van der Waals surface area contributed by atoms with Gasteiger partial charge < -0.3 is 4.74 Å². The molecular weight excluding hydrogens is 430 g/mol. The molecule has 1 saturated heterocycles. The van der Waals surface area contributed by atoms with Crippen molar-refractivity contribution in [2.75, 3.05) is 13.1 Å². The third-order valence-electron chi connectivity index (χ3n) is 7.22. The number of aryl methyl sites for hydroxylation is 1. The number of hydrazone groups is 1. The van der Waals surface area contributed by atoms with Crippen molar-refractivity contribution in [3.8, 4) is 5.75 Å². The molecule has 3 heterocycles. The van der Waals surface area contributed by atoms with Gasteiger partial charge >= 0.3 is 0 Å². The van der Waals surface area contributed by atoms with Crippen molar-refractivity contribution < 1.29 is 4.74 Å². The smallest absolute Gasteiger partial charge is 0.200 e. The van der Waals surface area contributed by atoms with E-state index in [9.17, 15) is 0 Å². The van der Waals surface area contributed by atoms with Gasteiger partial charge in [-0.2, -0.15) is 5.10 Å². The Morgan fingerprint density at radius 3 is 2.55 bits per heavy atom. The van der Waals surface area contributed by atoms with Crippen LogP contribution in [-0.2, 0) is 6.54 Å². The molecule has 0 N–H and O–H groups in total. The van der Waals surface area contributed by atoms with Gasteiger partial charge in [0.15, 0.2) is 0 Å². The van der Waals surface area contributed by atoms with Crippen LogP contribution in [0, 0.1) is 6.92 Å². The Bertz CT molecular complexity index is 1200. The molecule has 3 aromatic carbocycles. The van der Waals surface area contributed by atoms with Crippen LogP contribution in [0.1, 0.15) is 47.6 Å². The monoisotopic (exact) mass is 457 g/mol. The molecule has 3 aliphatic rings. The molecule has 6 rings (SSSR count). The largest absolute Gasteiger partial charge is 0.466 e. The van der Waals surface area contributed by atoms with Crippen LogP contribution in [0.4, 0.5) is 0 Å². The van der Waals surface area contributed by atoms with Crippen molar-refractivity contribution >= 4 is 17.3 Å². The molecule has 5 heteroatoms. The zero-order valence-electron chi connectivity index (χ0n) is 18.9. The van der Waals surface area contributed by atoms with E-state index in [4.69, 9.17) is 21.4 Å². The molecule has 0 amide bonds. The van der Waals surface area contributed by atoms with Crippen molar-refractivity contribution in [2.24, 2.45) is 5.10 Å². The lowest BCUT2D eigenvalue weighted by Crippen LogP contribution is -2.59. The molecule has 4 nitrogen and oxygen atoms in total. The lowest BCUT2D eigenvalue weighted by molar-refractivity contribution is -0.150. The van der Waals surface area contributed by atoms with Gasteiger partial charge in [-0.05, 0) is 24.6 Å². The summed E-state index contributed by atoms with van der Waals surface area (Å²) >= 11 is 6.56. The number of nitrogens with zero attached hydrogens (tertiary/aromatic N) is 3. The van der Waals surface area contributed by atoms with Crippen LogP contribution in [-0.4, -0.2) is 34.4 Å². The number of ether oxygens (including phenoxy) is 1. The van der Waals surface area contributed by atoms with Gasteiger partial charge in [0.25, 0.3) is 0 Å². The van der Waals surface area contributed by atoms with E-state index < -0.39 is 5.72 Å². The first kappa shape index (κ1) is 20.8. The number of benzene rings is 3. The van der Waals surface area contributed by atoms with Crippen LogP contribution in [0.3, 0.4) is 0 Å². The van der Waals surface area contributed by atoms with E-state index in [2.05, 4.69) is 71.4 Å². The second-order valence-electron chi connectivity index (χ2n) is 9.44. The minimum Gasteiger partial charge on any atom is -0.466 e. The van der Waals surface area contributed by atoms with Crippen molar-refractivity contribution in [3.05, 3.63) is 100 Å². The summed E-state index contributed by atoms with van der Waals surface area (Å²) in [6.45, 7) is 5.08. The summed E-state index contributed by atoms with van der Waals surface area (Å²) in [6.07, 6.45) is 2.69. The fraction of sp³-hybridized carbons (Fsp3) is 0.321. The minimum atomic E-state index is -0.414. The molecule has 33 heavy (non-hydrogen) atoms. The highest BCUT2D eigenvalue weighted by Crippen LogP contribution is 2.50. The van der Waals surface area contributed by atoms with E-state index in [1.807, 2.05) is 18.2 Å². The maximum absolute atomic E-state index is 6.80. The third-order valence-corrected chi connectivity index (χ3v) is 7.55. The first-order valence-electron chi connectivity index (χ1n) is 11.8. The van der Waals surface area contributed by atoms with Gasteiger partial charge in [0, 0.05) is 55.0 Å². The summed E-state index contributed by atoms with van der Waals surface area (Å²) in [5.74, 6) is 1.01. The van der Waals surface area contributed by atoms with Gasteiger partial charge in [-0.3, -0.25) is 4.90 Å². The first-order valence-corrected chi connectivity index (χ1v) is 12.2. The Kier molecular flexibility index (Phi) is 5.16. The molecule has 0 aromatic heterocycles. The summed E-state index contributed by atoms with van der Waals surface area (Å²) in [6, 6.07) is 25.5. The number of hydrogen-bond donors (Lipinski definition) is 0. The van der Waals surface area contributed by atoms with Crippen molar-refractivity contribution in [1.82, 2.24) is 9.91 Å². The van der Waals surface area contributed by atoms with Crippen LogP contribution < -0.4 is 4.74 Å². The van der Waals surface area contributed by atoms with Gasteiger partial charge in [-0.15, -0.1) is 0 Å². The second-order valence-corrected chi connectivity index (χ2v) is 9.85. The fourth-order valence-electron chi connectivity index (χ4n) is 5.49. The normalized spacial score (nSPS) is 21.3. The summed E-state index contributed by atoms with van der Waals surface area (Å²) < 4.78 is 6.80. The van der Waals surface area contributed by atoms with Crippen molar-refractivity contribution in [2.45, 2.75) is 44.5 Å². The zero-order chi connectivity index (χ0) is 22.4. The Balaban J connectivity index is 1.32. The highest BCUT2D eigenvalue weighted by atomic mass is 35.5. The number of fused-ring (bicyclic) bond motifs is 4. The Hall–Kier alpha value is -2.82. The third kappa shape index (κ3) is 3.71. The highest BCUT2D eigenvalue weighted by Gasteiger charge is 2.51. The molecule has 0 unspecified atom stereocenters. The predicted molar refractivity (Wildman–Crippen MR) is 133 cm³/mol. The first-order chi connectivity index (χ1) is 16.1.